The number of ether oxygens (including phenoxy) is 1. The number of rotatable bonds is 4. The van der Waals surface area contributed by atoms with Crippen molar-refractivity contribution in [3.63, 3.8) is 0 Å². The molecule has 2 nitrogen and oxygen atoms in total. The number of halogens is 2. The van der Waals surface area contributed by atoms with Gasteiger partial charge in [0.1, 0.15) is 17.3 Å². The van der Waals surface area contributed by atoms with Crippen LogP contribution < -0.4 is 10.1 Å². The van der Waals surface area contributed by atoms with Crippen molar-refractivity contribution in [2.24, 2.45) is 0 Å². The van der Waals surface area contributed by atoms with Crippen molar-refractivity contribution >= 4 is 5.69 Å². The molecule has 0 unspecified atom stereocenters. The van der Waals surface area contributed by atoms with Crippen molar-refractivity contribution in [1.82, 2.24) is 0 Å². The van der Waals surface area contributed by atoms with Gasteiger partial charge >= 0.3 is 0 Å². The number of methoxy groups -OCH3 is 1. The molecule has 2 rings (SSSR count). The van der Waals surface area contributed by atoms with Crippen LogP contribution in [0.1, 0.15) is 16.7 Å². The first-order chi connectivity index (χ1) is 9.52. The summed E-state index contributed by atoms with van der Waals surface area (Å²) in [5.74, 6) is -0.338. The topological polar surface area (TPSA) is 21.3 Å². The summed E-state index contributed by atoms with van der Waals surface area (Å²) in [6, 6.07) is 8.32. The lowest BCUT2D eigenvalue weighted by atomic mass is 10.1. The maximum absolute atomic E-state index is 13.8. The number of anilines is 1. The van der Waals surface area contributed by atoms with E-state index in [0.717, 1.165) is 16.9 Å². The van der Waals surface area contributed by atoms with E-state index in [1.807, 2.05) is 25.1 Å². The van der Waals surface area contributed by atoms with Gasteiger partial charge in [0.2, 0.25) is 0 Å². The standard InChI is InChI=1S/C16H17F2NO/c1-10-4-6-13(17)16(15(10)18)19-9-12-5-7-14(20-3)11(2)8-12/h4-8,19H,9H2,1-3H3. The lowest BCUT2D eigenvalue weighted by Crippen LogP contribution is -2.05. The van der Waals surface area contributed by atoms with E-state index in [1.165, 1.54) is 12.1 Å². The predicted octanol–water partition coefficient (Wildman–Crippen LogP) is 4.20. The Hall–Kier alpha value is -2.10. The molecule has 2 aromatic carbocycles. The Balaban J connectivity index is 2.17. The Kier molecular flexibility index (Phi) is 4.23. The van der Waals surface area contributed by atoms with Gasteiger partial charge in [0.15, 0.2) is 5.82 Å². The molecule has 0 amide bonds. The fourth-order valence-corrected chi connectivity index (χ4v) is 2.06. The molecule has 0 aliphatic heterocycles. The molecule has 0 saturated heterocycles. The van der Waals surface area contributed by atoms with Gasteiger partial charge in [-0.1, -0.05) is 18.2 Å². The van der Waals surface area contributed by atoms with E-state index in [-0.39, 0.29) is 5.69 Å². The van der Waals surface area contributed by atoms with E-state index < -0.39 is 11.6 Å². The van der Waals surface area contributed by atoms with Crippen LogP contribution in [0.4, 0.5) is 14.5 Å². The first-order valence-corrected chi connectivity index (χ1v) is 6.35. The van der Waals surface area contributed by atoms with Gasteiger partial charge in [0, 0.05) is 6.54 Å². The van der Waals surface area contributed by atoms with Crippen molar-refractivity contribution in [3.8, 4) is 5.75 Å². The van der Waals surface area contributed by atoms with Gasteiger partial charge in [0.25, 0.3) is 0 Å². The second-order valence-corrected chi connectivity index (χ2v) is 4.71. The lowest BCUT2D eigenvalue weighted by Gasteiger charge is -2.12. The smallest absolute Gasteiger partial charge is 0.152 e. The molecule has 0 radical (unpaired) electrons. The normalized spacial score (nSPS) is 10.4. The maximum atomic E-state index is 13.8. The van der Waals surface area contributed by atoms with Crippen LogP contribution in [0.3, 0.4) is 0 Å². The molecule has 0 saturated carbocycles. The van der Waals surface area contributed by atoms with E-state index in [0.29, 0.717) is 12.1 Å². The predicted molar refractivity (Wildman–Crippen MR) is 76.2 cm³/mol. The third-order valence-corrected chi connectivity index (χ3v) is 3.21. The molecular formula is C16H17F2NO. The van der Waals surface area contributed by atoms with Gasteiger partial charge in [-0.05, 0) is 42.7 Å². The van der Waals surface area contributed by atoms with Gasteiger partial charge in [-0.25, -0.2) is 8.78 Å². The molecule has 0 aromatic heterocycles. The second kappa shape index (κ2) is 5.90. The molecule has 20 heavy (non-hydrogen) atoms. The lowest BCUT2D eigenvalue weighted by molar-refractivity contribution is 0.411. The highest BCUT2D eigenvalue weighted by Crippen LogP contribution is 2.23. The summed E-state index contributed by atoms with van der Waals surface area (Å²) in [4.78, 5) is 0. The van der Waals surface area contributed by atoms with Crippen LogP contribution >= 0.6 is 0 Å². The minimum atomic E-state index is -0.585. The number of hydrogen-bond acceptors (Lipinski definition) is 2. The van der Waals surface area contributed by atoms with E-state index in [1.54, 1.807) is 14.0 Å². The van der Waals surface area contributed by atoms with Crippen molar-refractivity contribution in [1.29, 1.82) is 0 Å². The van der Waals surface area contributed by atoms with Crippen LogP contribution in [0.5, 0.6) is 5.75 Å². The monoisotopic (exact) mass is 277 g/mol. The number of hydrogen-bond donors (Lipinski definition) is 1. The van der Waals surface area contributed by atoms with Crippen LogP contribution in [0.15, 0.2) is 30.3 Å². The summed E-state index contributed by atoms with van der Waals surface area (Å²) in [6.45, 7) is 3.88. The Morgan fingerprint density at radius 3 is 2.45 bits per heavy atom. The highest BCUT2D eigenvalue weighted by Gasteiger charge is 2.11. The summed E-state index contributed by atoms with van der Waals surface area (Å²) in [5, 5.41) is 2.81. The van der Waals surface area contributed by atoms with Crippen LogP contribution in [0.25, 0.3) is 0 Å². The molecule has 106 valence electrons. The maximum Gasteiger partial charge on any atom is 0.152 e. The van der Waals surface area contributed by atoms with Gasteiger partial charge in [-0.3, -0.25) is 0 Å². The van der Waals surface area contributed by atoms with Crippen LogP contribution in [-0.4, -0.2) is 7.11 Å². The molecule has 0 aliphatic carbocycles. The minimum absolute atomic E-state index is 0.0847. The van der Waals surface area contributed by atoms with Gasteiger partial charge < -0.3 is 10.1 Å². The summed E-state index contributed by atoms with van der Waals surface area (Å²) in [5.41, 5.74) is 2.25. The van der Waals surface area contributed by atoms with E-state index >= 15 is 0 Å². The molecule has 0 bridgehead atoms. The Morgan fingerprint density at radius 2 is 1.80 bits per heavy atom. The largest absolute Gasteiger partial charge is 0.496 e. The summed E-state index contributed by atoms with van der Waals surface area (Å²) < 4.78 is 32.6. The molecule has 0 heterocycles. The zero-order chi connectivity index (χ0) is 14.7. The number of aryl methyl sites for hydroxylation is 2. The van der Waals surface area contributed by atoms with Crippen LogP contribution in [-0.2, 0) is 6.54 Å². The van der Waals surface area contributed by atoms with Gasteiger partial charge in [-0.15, -0.1) is 0 Å². The van der Waals surface area contributed by atoms with Gasteiger partial charge in [-0.2, -0.15) is 0 Å². The third-order valence-electron chi connectivity index (χ3n) is 3.21. The fourth-order valence-electron chi connectivity index (χ4n) is 2.06. The summed E-state index contributed by atoms with van der Waals surface area (Å²) in [7, 11) is 1.61. The highest BCUT2D eigenvalue weighted by molar-refractivity contribution is 5.49. The fraction of sp³-hybridized carbons (Fsp3) is 0.250. The van der Waals surface area contributed by atoms with Crippen LogP contribution in [0, 0.1) is 25.5 Å². The van der Waals surface area contributed by atoms with Crippen molar-refractivity contribution in [2.45, 2.75) is 20.4 Å². The highest BCUT2D eigenvalue weighted by atomic mass is 19.1. The molecule has 0 spiro atoms. The Labute approximate surface area is 117 Å². The SMILES string of the molecule is COc1ccc(CNc2c(F)ccc(C)c2F)cc1C. The average Bonchev–Trinajstić information content (AvgIpc) is 2.43. The molecule has 0 atom stereocenters. The first kappa shape index (κ1) is 14.3. The summed E-state index contributed by atoms with van der Waals surface area (Å²) in [6.07, 6.45) is 0. The summed E-state index contributed by atoms with van der Waals surface area (Å²) >= 11 is 0. The van der Waals surface area contributed by atoms with Crippen LogP contribution in [0.2, 0.25) is 0 Å². The van der Waals surface area contributed by atoms with E-state index in [9.17, 15) is 8.78 Å². The quantitative estimate of drug-likeness (QED) is 0.904. The molecule has 4 heteroatoms. The molecule has 0 fully saturated rings. The van der Waals surface area contributed by atoms with E-state index in [2.05, 4.69) is 5.32 Å². The number of nitrogens with one attached hydrogen (secondary N) is 1. The second-order valence-electron chi connectivity index (χ2n) is 4.71. The molecule has 0 aliphatic rings. The van der Waals surface area contributed by atoms with Gasteiger partial charge in [0.05, 0.1) is 7.11 Å². The number of benzene rings is 2. The Morgan fingerprint density at radius 1 is 1.05 bits per heavy atom. The van der Waals surface area contributed by atoms with Crippen molar-refractivity contribution < 1.29 is 13.5 Å². The average molecular weight is 277 g/mol. The Bertz CT molecular complexity index is 626. The molecular weight excluding hydrogens is 260 g/mol. The van der Waals surface area contributed by atoms with E-state index in [4.69, 9.17) is 4.74 Å². The first-order valence-electron chi connectivity index (χ1n) is 6.35. The zero-order valence-electron chi connectivity index (χ0n) is 11.8. The zero-order valence-corrected chi connectivity index (χ0v) is 11.8. The third kappa shape index (κ3) is 2.90. The molecule has 2 aromatic rings. The van der Waals surface area contributed by atoms with Crippen molar-refractivity contribution in [2.75, 3.05) is 12.4 Å². The van der Waals surface area contributed by atoms with Crippen molar-refractivity contribution in [3.05, 3.63) is 58.7 Å². The minimum Gasteiger partial charge on any atom is -0.496 e. The molecule has 1 N–H and O–H groups in total.